The van der Waals surface area contributed by atoms with Gasteiger partial charge in [0.25, 0.3) is 5.91 Å². The van der Waals surface area contributed by atoms with Crippen molar-refractivity contribution >= 4 is 27.3 Å². The molecule has 0 radical (unpaired) electrons. The third kappa shape index (κ3) is 3.62. The van der Waals surface area contributed by atoms with Gasteiger partial charge >= 0.3 is 0 Å². The number of sulfone groups is 1. The Morgan fingerprint density at radius 2 is 2.00 bits per heavy atom. The molecule has 0 spiro atoms. The smallest absolute Gasteiger partial charge is 0.255 e. The van der Waals surface area contributed by atoms with Gasteiger partial charge in [0.05, 0.1) is 21.2 Å². The fourth-order valence-electron chi connectivity index (χ4n) is 2.58. The molecule has 0 aromatic heterocycles. The number of carbonyl (C=O) groups is 1. The summed E-state index contributed by atoms with van der Waals surface area (Å²) in [6.45, 7) is 3.33. The molecule has 0 saturated carbocycles. The summed E-state index contributed by atoms with van der Waals surface area (Å²) in [6.07, 6.45) is 1.76. The summed E-state index contributed by atoms with van der Waals surface area (Å²) in [4.78, 5) is 14.5. The summed E-state index contributed by atoms with van der Waals surface area (Å²) in [6, 6.07) is 4.47. The summed E-state index contributed by atoms with van der Waals surface area (Å²) < 4.78 is 24.0. The van der Waals surface area contributed by atoms with Crippen LogP contribution >= 0.6 is 11.6 Å². The van der Waals surface area contributed by atoms with Gasteiger partial charge in [-0.3, -0.25) is 4.79 Å². The first-order chi connectivity index (χ1) is 10.4. The van der Waals surface area contributed by atoms with E-state index in [9.17, 15) is 13.2 Å². The minimum atomic E-state index is -3.36. The SMILES string of the molecule is CCS(=O)(=O)c1ccc(Cl)c(C(=O)N(C)C2CCNCC2)c1. The van der Waals surface area contributed by atoms with Crippen molar-refractivity contribution < 1.29 is 13.2 Å². The summed E-state index contributed by atoms with van der Waals surface area (Å²) in [5.41, 5.74) is 0.247. The number of rotatable bonds is 4. The second kappa shape index (κ2) is 6.98. The number of benzene rings is 1. The highest BCUT2D eigenvalue weighted by Gasteiger charge is 2.25. The maximum absolute atomic E-state index is 12.7. The van der Waals surface area contributed by atoms with E-state index in [-0.39, 0.29) is 33.2 Å². The highest BCUT2D eigenvalue weighted by molar-refractivity contribution is 7.91. The van der Waals surface area contributed by atoms with E-state index in [0.717, 1.165) is 25.9 Å². The predicted molar refractivity (Wildman–Crippen MR) is 87.2 cm³/mol. The molecule has 0 unspecified atom stereocenters. The fourth-order valence-corrected chi connectivity index (χ4v) is 3.68. The van der Waals surface area contributed by atoms with Crippen molar-refractivity contribution in [1.82, 2.24) is 10.2 Å². The maximum atomic E-state index is 12.7. The molecule has 2 rings (SSSR count). The van der Waals surface area contributed by atoms with Gasteiger partial charge in [-0.1, -0.05) is 18.5 Å². The van der Waals surface area contributed by atoms with Crippen LogP contribution in [0.25, 0.3) is 0 Å². The number of hydrogen-bond acceptors (Lipinski definition) is 4. The zero-order valence-corrected chi connectivity index (χ0v) is 14.4. The third-order valence-electron chi connectivity index (χ3n) is 4.08. The molecule has 0 atom stereocenters. The Kier molecular flexibility index (Phi) is 5.47. The molecule has 1 fully saturated rings. The van der Waals surface area contributed by atoms with Crippen LogP contribution in [0.1, 0.15) is 30.1 Å². The molecule has 1 heterocycles. The fraction of sp³-hybridized carbons (Fsp3) is 0.533. The number of amides is 1. The zero-order chi connectivity index (χ0) is 16.3. The van der Waals surface area contributed by atoms with E-state index in [4.69, 9.17) is 11.6 Å². The van der Waals surface area contributed by atoms with Gasteiger partial charge in [0.2, 0.25) is 0 Å². The summed E-state index contributed by atoms with van der Waals surface area (Å²) in [7, 11) is -1.62. The molecular weight excluding hydrogens is 324 g/mol. The summed E-state index contributed by atoms with van der Waals surface area (Å²) in [5, 5.41) is 3.53. The largest absolute Gasteiger partial charge is 0.339 e. The maximum Gasteiger partial charge on any atom is 0.255 e. The first kappa shape index (κ1) is 17.2. The highest BCUT2D eigenvalue weighted by atomic mass is 35.5. The molecule has 0 bridgehead atoms. The Balaban J connectivity index is 2.30. The minimum absolute atomic E-state index is 0.00754. The van der Waals surface area contributed by atoms with Gasteiger partial charge < -0.3 is 10.2 Å². The average Bonchev–Trinajstić information content (AvgIpc) is 2.54. The molecule has 1 amide bonds. The number of nitrogens with zero attached hydrogens (tertiary/aromatic N) is 1. The number of halogens is 1. The molecule has 7 heteroatoms. The molecule has 1 aliphatic heterocycles. The van der Waals surface area contributed by atoms with Crippen molar-refractivity contribution in [2.45, 2.75) is 30.7 Å². The van der Waals surface area contributed by atoms with Gasteiger partial charge in [0.1, 0.15) is 0 Å². The molecule has 1 saturated heterocycles. The molecule has 5 nitrogen and oxygen atoms in total. The van der Waals surface area contributed by atoms with Gasteiger partial charge in [0, 0.05) is 13.1 Å². The number of piperidine rings is 1. The highest BCUT2D eigenvalue weighted by Crippen LogP contribution is 2.24. The van der Waals surface area contributed by atoms with E-state index in [1.54, 1.807) is 18.9 Å². The third-order valence-corrected chi connectivity index (χ3v) is 6.15. The lowest BCUT2D eigenvalue weighted by molar-refractivity contribution is 0.0703. The Morgan fingerprint density at radius 3 is 2.59 bits per heavy atom. The zero-order valence-electron chi connectivity index (χ0n) is 12.8. The summed E-state index contributed by atoms with van der Waals surface area (Å²) >= 11 is 6.11. The topological polar surface area (TPSA) is 66.5 Å². The Labute approximate surface area is 136 Å². The first-order valence-electron chi connectivity index (χ1n) is 7.37. The van der Waals surface area contributed by atoms with Crippen LogP contribution < -0.4 is 5.32 Å². The van der Waals surface area contributed by atoms with Crippen molar-refractivity contribution in [3.63, 3.8) is 0 Å². The van der Waals surface area contributed by atoms with Crippen molar-refractivity contribution in [2.24, 2.45) is 0 Å². The normalized spacial score (nSPS) is 16.5. The van der Waals surface area contributed by atoms with Crippen LogP contribution in [0, 0.1) is 0 Å². The molecule has 22 heavy (non-hydrogen) atoms. The lowest BCUT2D eigenvalue weighted by Gasteiger charge is -2.32. The second-order valence-corrected chi connectivity index (χ2v) is 8.13. The van der Waals surface area contributed by atoms with E-state index in [1.807, 2.05) is 0 Å². The van der Waals surface area contributed by atoms with E-state index < -0.39 is 9.84 Å². The van der Waals surface area contributed by atoms with E-state index in [1.165, 1.54) is 18.2 Å². The van der Waals surface area contributed by atoms with Crippen molar-refractivity contribution in [2.75, 3.05) is 25.9 Å². The van der Waals surface area contributed by atoms with Crippen LogP contribution in [0.3, 0.4) is 0 Å². The van der Waals surface area contributed by atoms with Crippen LogP contribution in [0.15, 0.2) is 23.1 Å². The van der Waals surface area contributed by atoms with Gasteiger partial charge in [-0.15, -0.1) is 0 Å². The van der Waals surface area contributed by atoms with Crippen LogP contribution in [0.4, 0.5) is 0 Å². The molecular formula is C15H21ClN2O3S. The quantitative estimate of drug-likeness (QED) is 0.906. The van der Waals surface area contributed by atoms with Crippen LogP contribution in [-0.2, 0) is 9.84 Å². The van der Waals surface area contributed by atoms with E-state index >= 15 is 0 Å². The van der Waals surface area contributed by atoms with Gasteiger partial charge in [0.15, 0.2) is 9.84 Å². The standard InChI is InChI=1S/C15H21ClN2O3S/c1-3-22(20,21)12-4-5-14(16)13(10-12)15(19)18(2)11-6-8-17-9-7-11/h4-5,10-11,17H,3,6-9H2,1-2H3. The molecule has 0 aliphatic carbocycles. The van der Waals surface area contributed by atoms with Crippen molar-refractivity contribution in [1.29, 1.82) is 0 Å². The minimum Gasteiger partial charge on any atom is -0.339 e. The molecule has 1 N–H and O–H groups in total. The Morgan fingerprint density at radius 1 is 1.36 bits per heavy atom. The Bertz CT molecular complexity index is 655. The molecule has 122 valence electrons. The van der Waals surface area contributed by atoms with Gasteiger partial charge in [-0.05, 0) is 44.1 Å². The monoisotopic (exact) mass is 344 g/mol. The molecule has 1 aromatic rings. The van der Waals surface area contributed by atoms with Crippen LogP contribution in [0.2, 0.25) is 5.02 Å². The lowest BCUT2D eigenvalue weighted by Crippen LogP contribution is -2.44. The Hall–Kier alpha value is -1.11. The first-order valence-corrected chi connectivity index (χ1v) is 9.40. The number of nitrogens with one attached hydrogen (secondary N) is 1. The van der Waals surface area contributed by atoms with E-state index in [0.29, 0.717) is 0 Å². The second-order valence-electron chi connectivity index (χ2n) is 5.44. The van der Waals surface area contributed by atoms with Gasteiger partial charge in [-0.2, -0.15) is 0 Å². The number of carbonyl (C=O) groups excluding carboxylic acids is 1. The molecule has 1 aromatic carbocycles. The molecule has 1 aliphatic rings. The van der Waals surface area contributed by atoms with E-state index in [2.05, 4.69) is 5.32 Å². The van der Waals surface area contributed by atoms with Crippen molar-refractivity contribution in [3.8, 4) is 0 Å². The number of hydrogen-bond donors (Lipinski definition) is 1. The van der Waals surface area contributed by atoms with Crippen LogP contribution in [0.5, 0.6) is 0 Å². The predicted octanol–water partition coefficient (Wildman–Crippen LogP) is 1.96. The van der Waals surface area contributed by atoms with Crippen LogP contribution in [-0.4, -0.2) is 51.2 Å². The van der Waals surface area contributed by atoms with Gasteiger partial charge in [-0.25, -0.2) is 8.42 Å². The lowest BCUT2D eigenvalue weighted by atomic mass is 10.0. The average molecular weight is 345 g/mol. The van der Waals surface area contributed by atoms with Crippen molar-refractivity contribution in [3.05, 3.63) is 28.8 Å². The summed E-state index contributed by atoms with van der Waals surface area (Å²) in [5.74, 6) is -0.239.